The van der Waals surface area contributed by atoms with Gasteiger partial charge in [-0.2, -0.15) is 0 Å². The second-order valence-corrected chi connectivity index (χ2v) is 8.39. The summed E-state index contributed by atoms with van der Waals surface area (Å²) in [6.45, 7) is 0.688. The summed E-state index contributed by atoms with van der Waals surface area (Å²) in [6.07, 6.45) is 4.51. The van der Waals surface area contributed by atoms with Gasteiger partial charge in [-0.15, -0.1) is 0 Å². The molecule has 0 unspecified atom stereocenters. The standard InChI is InChI=1S/C26H25N3O7/c30-24(23-8-4-15-35-23)27-20-11-9-18(10-12-20)25(31)28-14-2-1-6-21(28)13-16-36-26(32)19-5-3-7-22(17-19)29(33)34/h3-5,7-12,15,17,21H,1-2,6,13-14,16H2,(H,27,30)/t21-/m1/s1. The number of rotatable bonds is 8. The van der Waals surface area contributed by atoms with Crippen LogP contribution >= 0.6 is 0 Å². The molecule has 0 saturated carbocycles. The van der Waals surface area contributed by atoms with Crippen LogP contribution < -0.4 is 5.32 Å². The highest BCUT2D eigenvalue weighted by molar-refractivity contribution is 6.02. The molecule has 0 spiro atoms. The molecule has 1 N–H and O–H groups in total. The zero-order valence-electron chi connectivity index (χ0n) is 19.4. The fourth-order valence-electron chi connectivity index (χ4n) is 4.15. The van der Waals surface area contributed by atoms with Gasteiger partial charge in [-0.05, 0) is 61.7 Å². The van der Waals surface area contributed by atoms with Crippen molar-refractivity contribution in [1.82, 2.24) is 4.90 Å². The SMILES string of the molecule is O=C(OCC[C@H]1CCCCN1C(=O)c1ccc(NC(=O)c2ccco2)cc1)c1cccc([N+](=O)[O-])c1. The number of benzene rings is 2. The van der Waals surface area contributed by atoms with E-state index in [1.807, 2.05) is 0 Å². The van der Waals surface area contributed by atoms with Crippen LogP contribution in [0.3, 0.4) is 0 Å². The molecular weight excluding hydrogens is 466 g/mol. The summed E-state index contributed by atoms with van der Waals surface area (Å²) in [5, 5.41) is 13.6. The Hall–Kier alpha value is -4.47. The van der Waals surface area contributed by atoms with Gasteiger partial charge in [-0.25, -0.2) is 4.79 Å². The number of nitrogens with one attached hydrogen (secondary N) is 1. The van der Waals surface area contributed by atoms with Gasteiger partial charge in [-0.3, -0.25) is 19.7 Å². The van der Waals surface area contributed by atoms with E-state index in [1.54, 1.807) is 41.3 Å². The van der Waals surface area contributed by atoms with Crippen LogP contribution in [0.15, 0.2) is 71.3 Å². The third-order valence-corrected chi connectivity index (χ3v) is 6.00. The molecule has 1 aliphatic rings. The zero-order valence-corrected chi connectivity index (χ0v) is 19.4. The number of likely N-dealkylation sites (tertiary alicyclic amines) is 1. The number of non-ortho nitro benzene ring substituents is 1. The molecule has 0 aliphatic carbocycles. The maximum atomic E-state index is 13.2. The number of carbonyl (C=O) groups is 3. The maximum absolute atomic E-state index is 13.2. The first kappa shape index (κ1) is 24.6. The number of esters is 1. The van der Waals surface area contributed by atoms with E-state index in [9.17, 15) is 24.5 Å². The number of nitro benzene ring substituents is 1. The van der Waals surface area contributed by atoms with Crippen molar-refractivity contribution < 1.29 is 28.5 Å². The van der Waals surface area contributed by atoms with Crippen LogP contribution in [-0.4, -0.2) is 46.8 Å². The van der Waals surface area contributed by atoms with E-state index in [1.165, 1.54) is 30.5 Å². The van der Waals surface area contributed by atoms with Gasteiger partial charge < -0.3 is 19.4 Å². The molecule has 1 aliphatic heterocycles. The van der Waals surface area contributed by atoms with Gasteiger partial charge in [0.15, 0.2) is 5.76 Å². The fourth-order valence-corrected chi connectivity index (χ4v) is 4.15. The summed E-state index contributed by atoms with van der Waals surface area (Å²) in [5.74, 6) is -0.958. The summed E-state index contributed by atoms with van der Waals surface area (Å²) >= 11 is 0. The lowest BCUT2D eigenvalue weighted by Crippen LogP contribution is -2.44. The van der Waals surface area contributed by atoms with Crippen molar-refractivity contribution in [2.45, 2.75) is 31.7 Å². The number of furan rings is 1. The third kappa shape index (κ3) is 5.96. The lowest BCUT2D eigenvalue weighted by Gasteiger charge is -2.36. The molecule has 1 fully saturated rings. The minimum Gasteiger partial charge on any atom is -0.462 e. The average molecular weight is 492 g/mol. The van der Waals surface area contributed by atoms with Crippen molar-refractivity contribution >= 4 is 29.2 Å². The number of nitrogens with zero attached hydrogens (tertiary/aromatic N) is 2. The van der Waals surface area contributed by atoms with Crippen molar-refractivity contribution in [3.05, 3.63) is 93.9 Å². The van der Waals surface area contributed by atoms with E-state index in [0.717, 1.165) is 19.3 Å². The smallest absolute Gasteiger partial charge is 0.338 e. The molecule has 0 bridgehead atoms. The van der Waals surface area contributed by atoms with Crippen LogP contribution in [0, 0.1) is 10.1 Å². The van der Waals surface area contributed by atoms with Crippen LogP contribution in [0.25, 0.3) is 0 Å². The molecule has 186 valence electrons. The van der Waals surface area contributed by atoms with Gasteiger partial charge in [0.1, 0.15) is 0 Å². The molecule has 4 rings (SSSR count). The van der Waals surface area contributed by atoms with Crippen LogP contribution in [-0.2, 0) is 4.74 Å². The summed E-state index contributed by atoms with van der Waals surface area (Å²) in [7, 11) is 0. The van der Waals surface area contributed by atoms with E-state index in [0.29, 0.717) is 24.2 Å². The first-order valence-electron chi connectivity index (χ1n) is 11.6. The Kier molecular flexibility index (Phi) is 7.74. The molecule has 1 aromatic heterocycles. The summed E-state index contributed by atoms with van der Waals surface area (Å²) in [5.41, 5.74) is 0.961. The predicted molar refractivity (Wildman–Crippen MR) is 130 cm³/mol. The number of ether oxygens (including phenoxy) is 1. The molecule has 3 aromatic rings. The highest BCUT2D eigenvalue weighted by Gasteiger charge is 2.28. The first-order chi connectivity index (χ1) is 17.4. The minimum absolute atomic E-state index is 0.0910. The van der Waals surface area contributed by atoms with Crippen molar-refractivity contribution in [1.29, 1.82) is 0 Å². The molecule has 36 heavy (non-hydrogen) atoms. The van der Waals surface area contributed by atoms with E-state index in [4.69, 9.17) is 9.15 Å². The number of nitro groups is 1. The minimum atomic E-state index is -0.639. The van der Waals surface area contributed by atoms with Crippen LogP contribution in [0.1, 0.15) is 57.0 Å². The number of hydrogen-bond donors (Lipinski definition) is 1. The first-order valence-corrected chi connectivity index (χ1v) is 11.6. The van der Waals surface area contributed by atoms with Crippen LogP contribution in [0.5, 0.6) is 0 Å². The van der Waals surface area contributed by atoms with Crippen molar-refractivity contribution in [3.63, 3.8) is 0 Å². The molecule has 0 radical (unpaired) electrons. The number of hydrogen-bond acceptors (Lipinski definition) is 7. The topological polar surface area (TPSA) is 132 Å². The largest absolute Gasteiger partial charge is 0.462 e. The van der Waals surface area contributed by atoms with Crippen molar-refractivity contribution in [2.75, 3.05) is 18.5 Å². The lowest BCUT2D eigenvalue weighted by molar-refractivity contribution is -0.384. The molecule has 1 atom stereocenters. The number of carbonyl (C=O) groups excluding carboxylic acids is 3. The van der Waals surface area contributed by atoms with Crippen molar-refractivity contribution in [3.8, 4) is 0 Å². The van der Waals surface area contributed by atoms with Crippen molar-refractivity contribution in [2.24, 2.45) is 0 Å². The highest BCUT2D eigenvalue weighted by atomic mass is 16.6. The van der Waals surface area contributed by atoms with E-state index >= 15 is 0 Å². The third-order valence-electron chi connectivity index (χ3n) is 6.00. The van der Waals surface area contributed by atoms with E-state index in [2.05, 4.69) is 5.32 Å². The van der Waals surface area contributed by atoms with Crippen LogP contribution in [0.2, 0.25) is 0 Å². The van der Waals surface area contributed by atoms with Gasteiger partial charge in [0.2, 0.25) is 0 Å². The van der Waals surface area contributed by atoms with Gasteiger partial charge in [-0.1, -0.05) is 6.07 Å². The zero-order chi connectivity index (χ0) is 25.5. The second kappa shape index (κ2) is 11.3. The summed E-state index contributed by atoms with van der Waals surface area (Å²) in [6, 6.07) is 15.1. The second-order valence-electron chi connectivity index (χ2n) is 8.39. The molecule has 2 heterocycles. The molecule has 10 nitrogen and oxygen atoms in total. The Labute approximate surface area is 207 Å². The Morgan fingerprint density at radius 2 is 1.86 bits per heavy atom. The van der Waals surface area contributed by atoms with Gasteiger partial charge in [0.05, 0.1) is 23.4 Å². The Bertz CT molecular complexity index is 1240. The highest BCUT2D eigenvalue weighted by Crippen LogP contribution is 2.23. The predicted octanol–water partition coefficient (Wildman–Crippen LogP) is 4.68. The normalized spacial score (nSPS) is 15.2. The van der Waals surface area contributed by atoms with Gasteiger partial charge >= 0.3 is 5.97 Å². The van der Waals surface area contributed by atoms with E-state index < -0.39 is 10.9 Å². The molecular formula is C26H25N3O7. The monoisotopic (exact) mass is 491 g/mol. The fraction of sp³-hybridized carbons (Fsp3) is 0.269. The molecule has 10 heteroatoms. The Morgan fingerprint density at radius 1 is 1.06 bits per heavy atom. The van der Waals surface area contributed by atoms with E-state index in [-0.39, 0.29) is 41.5 Å². The van der Waals surface area contributed by atoms with Gasteiger partial charge in [0.25, 0.3) is 17.5 Å². The Morgan fingerprint density at radius 3 is 2.58 bits per heavy atom. The summed E-state index contributed by atoms with van der Waals surface area (Å²) < 4.78 is 10.4. The number of anilines is 1. The Balaban J connectivity index is 1.33. The lowest BCUT2D eigenvalue weighted by atomic mass is 9.98. The number of amides is 2. The molecule has 1 saturated heterocycles. The van der Waals surface area contributed by atoms with Gasteiger partial charge in [0, 0.05) is 42.4 Å². The molecule has 2 amide bonds. The molecule has 2 aromatic carbocycles. The average Bonchev–Trinajstić information content (AvgIpc) is 3.44. The van der Waals surface area contributed by atoms with Crippen LogP contribution in [0.4, 0.5) is 11.4 Å². The summed E-state index contributed by atoms with van der Waals surface area (Å²) in [4.78, 5) is 49.8. The maximum Gasteiger partial charge on any atom is 0.338 e. The quantitative estimate of drug-likeness (QED) is 0.275. The number of piperidine rings is 1.